The van der Waals surface area contributed by atoms with Crippen LogP contribution in [-0.4, -0.2) is 11.8 Å². The van der Waals surface area contributed by atoms with Gasteiger partial charge in [0.25, 0.3) is 0 Å². The number of aliphatic imine (C=N–C) groups is 1. The molecule has 1 nitrogen and oxygen atoms in total. The van der Waals surface area contributed by atoms with Gasteiger partial charge in [-0.05, 0) is 32.4 Å². The lowest BCUT2D eigenvalue weighted by molar-refractivity contribution is 0.334. The predicted octanol–water partition coefficient (Wildman–Crippen LogP) is 4.22. The minimum absolute atomic E-state index is 0.271. The molecule has 0 amide bonds. The van der Waals surface area contributed by atoms with Crippen molar-refractivity contribution < 1.29 is 0 Å². The predicted molar refractivity (Wildman–Crippen MR) is 61.6 cm³/mol. The summed E-state index contributed by atoms with van der Waals surface area (Å²) in [5.74, 6) is 0. The lowest BCUT2D eigenvalue weighted by Crippen LogP contribution is -2.26. The van der Waals surface area contributed by atoms with Gasteiger partial charge in [-0.25, -0.2) is 0 Å². The van der Waals surface area contributed by atoms with E-state index in [1.165, 1.54) is 38.5 Å². The van der Waals surface area contributed by atoms with Crippen LogP contribution >= 0.6 is 0 Å². The van der Waals surface area contributed by atoms with Crippen LogP contribution in [0.2, 0.25) is 0 Å². The van der Waals surface area contributed by atoms with Crippen molar-refractivity contribution in [1.82, 2.24) is 0 Å². The van der Waals surface area contributed by atoms with E-state index >= 15 is 0 Å². The van der Waals surface area contributed by atoms with Crippen LogP contribution in [0, 0.1) is 0 Å². The molecule has 0 aliphatic heterocycles. The maximum absolute atomic E-state index is 4.70. The van der Waals surface area contributed by atoms with Crippen LogP contribution < -0.4 is 0 Å². The van der Waals surface area contributed by atoms with E-state index in [1.807, 2.05) is 13.1 Å². The van der Waals surface area contributed by atoms with E-state index in [0.29, 0.717) is 0 Å². The van der Waals surface area contributed by atoms with E-state index in [0.717, 1.165) is 0 Å². The van der Waals surface area contributed by atoms with Crippen LogP contribution in [0.3, 0.4) is 0 Å². The molecule has 0 N–H and O–H groups in total. The van der Waals surface area contributed by atoms with E-state index < -0.39 is 0 Å². The van der Waals surface area contributed by atoms with Gasteiger partial charge < -0.3 is 0 Å². The summed E-state index contributed by atoms with van der Waals surface area (Å²) in [6.45, 7) is 8.80. The molecule has 0 radical (unpaired) electrons. The summed E-state index contributed by atoms with van der Waals surface area (Å²) in [6.07, 6.45) is 9.48. The second-order valence-corrected chi connectivity index (χ2v) is 3.86. The van der Waals surface area contributed by atoms with Gasteiger partial charge in [-0.2, -0.15) is 0 Å². The molecular weight excluding hydrogens is 158 g/mol. The van der Waals surface area contributed by atoms with Gasteiger partial charge >= 0.3 is 0 Å². The molecule has 0 unspecified atom stereocenters. The van der Waals surface area contributed by atoms with Crippen LogP contribution in [-0.2, 0) is 0 Å². The van der Waals surface area contributed by atoms with Crippen LogP contribution in [0.15, 0.2) is 4.99 Å². The molecule has 13 heavy (non-hydrogen) atoms. The Balaban J connectivity index is 4.37. The first kappa shape index (κ1) is 12.7. The van der Waals surface area contributed by atoms with Gasteiger partial charge in [-0.1, -0.05) is 40.0 Å². The molecule has 0 saturated carbocycles. The Hall–Kier alpha value is -0.330. The molecule has 0 saturated heterocycles. The second kappa shape index (κ2) is 7.11. The fourth-order valence-electron chi connectivity index (χ4n) is 2.24. The molecule has 0 aliphatic carbocycles. The van der Waals surface area contributed by atoms with E-state index in [1.54, 1.807) is 0 Å². The van der Waals surface area contributed by atoms with Crippen molar-refractivity contribution >= 4 is 6.21 Å². The summed E-state index contributed by atoms with van der Waals surface area (Å²) in [5.41, 5.74) is 0.271. The van der Waals surface area contributed by atoms with E-state index in [4.69, 9.17) is 4.99 Å². The first-order valence-electron chi connectivity index (χ1n) is 5.74. The molecule has 0 aromatic rings. The SMILES string of the molecule is CC=NC(CCC)(CCC)CCC. The minimum Gasteiger partial charge on any atom is -0.291 e. The van der Waals surface area contributed by atoms with Gasteiger partial charge in [0.1, 0.15) is 0 Å². The third-order valence-corrected chi connectivity index (χ3v) is 2.55. The first-order chi connectivity index (χ1) is 6.24. The third kappa shape index (κ3) is 4.44. The zero-order valence-electron chi connectivity index (χ0n) is 9.77. The molecule has 0 aliphatic rings. The largest absolute Gasteiger partial charge is 0.291 e. The molecule has 0 aromatic carbocycles. The molecule has 0 aromatic heterocycles. The molecule has 0 atom stereocenters. The van der Waals surface area contributed by atoms with Crippen LogP contribution in [0.1, 0.15) is 66.2 Å². The monoisotopic (exact) mass is 183 g/mol. The van der Waals surface area contributed by atoms with Crippen molar-refractivity contribution in [2.24, 2.45) is 4.99 Å². The van der Waals surface area contributed by atoms with Gasteiger partial charge in [-0.15, -0.1) is 0 Å². The van der Waals surface area contributed by atoms with E-state index in [9.17, 15) is 0 Å². The van der Waals surface area contributed by atoms with Gasteiger partial charge in [0, 0.05) is 0 Å². The first-order valence-corrected chi connectivity index (χ1v) is 5.74. The quantitative estimate of drug-likeness (QED) is 0.524. The lowest BCUT2D eigenvalue weighted by atomic mass is 9.85. The highest BCUT2D eigenvalue weighted by molar-refractivity contribution is 5.54. The fraction of sp³-hybridized carbons (Fsp3) is 0.917. The van der Waals surface area contributed by atoms with Crippen molar-refractivity contribution in [2.45, 2.75) is 71.8 Å². The van der Waals surface area contributed by atoms with Gasteiger partial charge in [0.15, 0.2) is 0 Å². The number of rotatable bonds is 7. The Morgan fingerprint density at radius 2 is 1.31 bits per heavy atom. The molecule has 1 heteroatoms. The van der Waals surface area contributed by atoms with Crippen molar-refractivity contribution in [3.8, 4) is 0 Å². The molecule has 78 valence electrons. The molecule has 0 rings (SSSR count). The Kier molecular flexibility index (Phi) is 6.93. The zero-order valence-corrected chi connectivity index (χ0v) is 9.77. The Bertz CT molecular complexity index is 121. The summed E-state index contributed by atoms with van der Waals surface area (Å²) in [6, 6.07) is 0. The van der Waals surface area contributed by atoms with Crippen molar-refractivity contribution in [3.63, 3.8) is 0 Å². The summed E-state index contributed by atoms with van der Waals surface area (Å²) < 4.78 is 0. The minimum atomic E-state index is 0.271. The molecule has 0 fully saturated rings. The van der Waals surface area contributed by atoms with Gasteiger partial charge in [0.2, 0.25) is 0 Å². The Morgan fingerprint density at radius 1 is 0.923 bits per heavy atom. The number of nitrogens with zero attached hydrogens (tertiary/aromatic N) is 1. The van der Waals surface area contributed by atoms with Crippen LogP contribution in [0.4, 0.5) is 0 Å². The van der Waals surface area contributed by atoms with Crippen LogP contribution in [0.25, 0.3) is 0 Å². The maximum Gasteiger partial charge on any atom is 0.0603 e. The van der Waals surface area contributed by atoms with E-state index in [2.05, 4.69) is 20.8 Å². The van der Waals surface area contributed by atoms with Crippen molar-refractivity contribution in [1.29, 1.82) is 0 Å². The highest BCUT2D eigenvalue weighted by atomic mass is 14.8. The summed E-state index contributed by atoms with van der Waals surface area (Å²) in [7, 11) is 0. The maximum atomic E-state index is 4.70. The molecule has 0 bridgehead atoms. The van der Waals surface area contributed by atoms with Gasteiger partial charge in [0.05, 0.1) is 5.54 Å². The third-order valence-electron chi connectivity index (χ3n) is 2.55. The summed E-state index contributed by atoms with van der Waals surface area (Å²) >= 11 is 0. The lowest BCUT2D eigenvalue weighted by Gasteiger charge is -2.29. The normalized spacial score (nSPS) is 12.6. The Labute approximate surface area is 83.6 Å². The molecule has 0 heterocycles. The smallest absolute Gasteiger partial charge is 0.0603 e. The number of hydrogen-bond donors (Lipinski definition) is 0. The van der Waals surface area contributed by atoms with Crippen molar-refractivity contribution in [2.75, 3.05) is 0 Å². The summed E-state index contributed by atoms with van der Waals surface area (Å²) in [4.78, 5) is 4.70. The average molecular weight is 183 g/mol. The second-order valence-electron chi connectivity index (χ2n) is 3.86. The highest BCUT2D eigenvalue weighted by Crippen LogP contribution is 2.29. The Morgan fingerprint density at radius 3 is 1.54 bits per heavy atom. The summed E-state index contributed by atoms with van der Waals surface area (Å²) in [5, 5.41) is 0. The number of hydrogen-bond acceptors (Lipinski definition) is 1. The van der Waals surface area contributed by atoms with Crippen LogP contribution in [0.5, 0.6) is 0 Å². The van der Waals surface area contributed by atoms with E-state index in [-0.39, 0.29) is 5.54 Å². The fourth-order valence-corrected chi connectivity index (χ4v) is 2.24. The molecule has 0 spiro atoms. The van der Waals surface area contributed by atoms with Crippen molar-refractivity contribution in [3.05, 3.63) is 0 Å². The van der Waals surface area contributed by atoms with Gasteiger partial charge in [-0.3, -0.25) is 4.99 Å². The zero-order chi connectivity index (χ0) is 10.2. The molecular formula is C12H25N. The topological polar surface area (TPSA) is 12.4 Å². The average Bonchev–Trinajstić information content (AvgIpc) is 2.06. The standard InChI is InChI=1S/C12H25N/c1-5-9-12(10-6-2,11-7-3)13-8-4/h8H,5-7,9-11H2,1-4H3. The highest BCUT2D eigenvalue weighted by Gasteiger charge is 2.24.